The van der Waals surface area contributed by atoms with Crippen molar-refractivity contribution in [1.29, 1.82) is 0 Å². The zero-order chi connectivity index (χ0) is 19.8. The number of hydrogen-bond donors (Lipinski definition) is 2. The first-order chi connectivity index (χ1) is 13.5. The zero-order valence-electron chi connectivity index (χ0n) is 16.7. The van der Waals surface area contributed by atoms with Gasteiger partial charge in [-0.3, -0.25) is 9.59 Å². The van der Waals surface area contributed by atoms with E-state index in [4.69, 9.17) is 9.84 Å². The van der Waals surface area contributed by atoms with Crippen LogP contribution in [-0.4, -0.2) is 37.1 Å². The number of ether oxygens (including phenoxy) is 1. The number of carbonyl (C=O) groups excluding carboxylic acids is 2. The highest BCUT2D eigenvalue weighted by Crippen LogP contribution is 2.57. The van der Waals surface area contributed by atoms with E-state index in [1.165, 1.54) is 16.7 Å². The number of ketones is 1. The highest BCUT2D eigenvalue weighted by atomic mass is 16.5. The summed E-state index contributed by atoms with van der Waals surface area (Å²) in [7, 11) is 1.67. The second-order valence-electron chi connectivity index (χ2n) is 8.32. The Morgan fingerprint density at radius 1 is 1.25 bits per heavy atom. The molecule has 0 aliphatic heterocycles. The second-order valence-corrected chi connectivity index (χ2v) is 8.32. The van der Waals surface area contributed by atoms with Crippen molar-refractivity contribution < 1.29 is 19.4 Å². The van der Waals surface area contributed by atoms with Crippen LogP contribution in [0.15, 0.2) is 29.3 Å². The molecular formula is C23H29NO4. The lowest BCUT2D eigenvalue weighted by Gasteiger charge is -2.46. The molecule has 0 aromatic heterocycles. The number of amides is 1. The lowest BCUT2D eigenvalue weighted by molar-refractivity contribution is -0.127. The molecule has 0 radical (unpaired) electrons. The van der Waals surface area contributed by atoms with Crippen molar-refractivity contribution in [3.8, 4) is 5.75 Å². The molecule has 3 aliphatic rings. The predicted molar refractivity (Wildman–Crippen MR) is 106 cm³/mol. The van der Waals surface area contributed by atoms with E-state index in [0.29, 0.717) is 18.3 Å². The summed E-state index contributed by atoms with van der Waals surface area (Å²) in [6.45, 7) is 1.85. The largest absolute Gasteiger partial charge is 0.497 e. The summed E-state index contributed by atoms with van der Waals surface area (Å²) in [6, 6.07) is 6.24. The summed E-state index contributed by atoms with van der Waals surface area (Å²) in [4.78, 5) is 25.3. The van der Waals surface area contributed by atoms with Crippen molar-refractivity contribution in [3.63, 3.8) is 0 Å². The molecule has 5 heteroatoms. The number of Topliss-reactive ketones (excluding diaryl/α,β-unsaturated/α-hetero) is 1. The first-order valence-corrected chi connectivity index (χ1v) is 10.3. The number of methoxy groups -OCH3 is 1. The van der Waals surface area contributed by atoms with Crippen molar-refractivity contribution in [2.75, 3.05) is 20.3 Å². The average Bonchev–Trinajstić information content (AvgIpc) is 3.15. The molecule has 3 aliphatic carbocycles. The van der Waals surface area contributed by atoms with Gasteiger partial charge in [-0.15, -0.1) is 0 Å². The smallest absolute Gasteiger partial charge is 0.224 e. The van der Waals surface area contributed by atoms with Crippen LogP contribution in [0.5, 0.6) is 5.75 Å². The third-order valence-electron chi connectivity index (χ3n) is 7.02. The SMILES string of the molecule is COc1ccc2c(c1)[C@@H]1[C@@H](CC2)[C@@H]2CCC(C(C)=O)=C2C[C@@H]1C(=O)NCCO. The Labute approximate surface area is 166 Å². The summed E-state index contributed by atoms with van der Waals surface area (Å²) >= 11 is 0. The van der Waals surface area contributed by atoms with Crippen LogP contribution in [0.1, 0.15) is 49.7 Å². The molecule has 1 saturated carbocycles. The Kier molecular flexibility index (Phi) is 5.28. The van der Waals surface area contributed by atoms with Crippen LogP contribution in [-0.2, 0) is 16.0 Å². The molecule has 150 valence electrons. The number of fused-ring (bicyclic) bond motifs is 5. The van der Waals surface area contributed by atoms with Gasteiger partial charge in [0.1, 0.15) is 5.75 Å². The predicted octanol–water partition coefficient (Wildman–Crippen LogP) is 2.77. The molecule has 0 bridgehead atoms. The number of carbonyl (C=O) groups is 2. The molecular weight excluding hydrogens is 354 g/mol. The molecule has 0 spiro atoms. The minimum Gasteiger partial charge on any atom is -0.497 e. The van der Waals surface area contributed by atoms with Gasteiger partial charge in [0.05, 0.1) is 13.7 Å². The van der Waals surface area contributed by atoms with Gasteiger partial charge >= 0.3 is 0 Å². The van der Waals surface area contributed by atoms with E-state index < -0.39 is 0 Å². The molecule has 1 amide bonds. The van der Waals surface area contributed by atoms with Gasteiger partial charge in [0.15, 0.2) is 5.78 Å². The quantitative estimate of drug-likeness (QED) is 0.820. The van der Waals surface area contributed by atoms with Crippen molar-refractivity contribution in [2.24, 2.45) is 17.8 Å². The first-order valence-electron chi connectivity index (χ1n) is 10.3. The lowest BCUT2D eigenvalue weighted by atomic mass is 9.58. The Morgan fingerprint density at radius 2 is 2.07 bits per heavy atom. The standard InChI is InChI=1S/C23H29NO4/c1-13(26)16-7-8-17-18-6-4-14-3-5-15(28-2)11-19(14)22(18)21(12-20(16)17)23(27)24-9-10-25/h3,5,11,17-18,21-22,25H,4,6-10,12H2,1-2H3,(H,24,27)/t17-,18-,21-,22-/m0/s1. The fraction of sp³-hybridized carbons (Fsp3) is 0.565. The maximum absolute atomic E-state index is 13.1. The van der Waals surface area contributed by atoms with Crippen LogP contribution >= 0.6 is 0 Å². The van der Waals surface area contributed by atoms with Gasteiger partial charge in [0.25, 0.3) is 0 Å². The van der Waals surface area contributed by atoms with Gasteiger partial charge in [-0.25, -0.2) is 0 Å². The van der Waals surface area contributed by atoms with Gasteiger partial charge in [-0.05, 0) is 85.6 Å². The van der Waals surface area contributed by atoms with E-state index in [0.717, 1.165) is 37.0 Å². The summed E-state index contributed by atoms with van der Waals surface area (Å²) in [5, 5.41) is 12.0. The number of nitrogens with one attached hydrogen (secondary N) is 1. The highest BCUT2D eigenvalue weighted by molar-refractivity contribution is 5.95. The number of aliphatic hydroxyl groups excluding tert-OH is 1. The fourth-order valence-corrected chi connectivity index (χ4v) is 5.87. The van der Waals surface area contributed by atoms with Gasteiger partial charge in [-0.1, -0.05) is 11.6 Å². The molecule has 2 N–H and O–H groups in total. The maximum atomic E-state index is 13.1. The highest BCUT2D eigenvalue weighted by Gasteiger charge is 2.49. The van der Waals surface area contributed by atoms with E-state index in [-0.39, 0.29) is 36.7 Å². The van der Waals surface area contributed by atoms with Gasteiger partial charge in [0, 0.05) is 12.5 Å². The normalized spacial score (nSPS) is 28.2. The van der Waals surface area contributed by atoms with Gasteiger partial charge < -0.3 is 15.2 Å². The molecule has 1 fully saturated rings. The van der Waals surface area contributed by atoms with Crippen LogP contribution in [0.4, 0.5) is 0 Å². The Balaban J connectivity index is 1.78. The van der Waals surface area contributed by atoms with E-state index >= 15 is 0 Å². The molecule has 5 nitrogen and oxygen atoms in total. The molecule has 4 rings (SSSR count). The zero-order valence-corrected chi connectivity index (χ0v) is 16.7. The number of rotatable bonds is 5. The van der Waals surface area contributed by atoms with Crippen LogP contribution in [0.25, 0.3) is 0 Å². The topological polar surface area (TPSA) is 75.6 Å². The molecule has 0 heterocycles. The molecule has 1 aromatic rings. The van der Waals surface area contributed by atoms with Crippen molar-refractivity contribution in [1.82, 2.24) is 5.32 Å². The molecule has 4 atom stereocenters. The summed E-state index contributed by atoms with van der Waals surface area (Å²) in [5.74, 6) is 1.68. The van der Waals surface area contributed by atoms with Crippen LogP contribution in [0.2, 0.25) is 0 Å². The summed E-state index contributed by atoms with van der Waals surface area (Å²) < 4.78 is 5.47. The van der Waals surface area contributed by atoms with E-state index in [9.17, 15) is 9.59 Å². The van der Waals surface area contributed by atoms with Crippen molar-refractivity contribution >= 4 is 11.7 Å². The third-order valence-corrected chi connectivity index (χ3v) is 7.02. The summed E-state index contributed by atoms with van der Waals surface area (Å²) in [5.41, 5.74) is 4.72. The number of allylic oxidation sites excluding steroid dienone is 2. The fourth-order valence-electron chi connectivity index (χ4n) is 5.87. The second kappa shape index (κ2) is 7.70. The monoisotopic (exact) mass is 383 g/mol. The summed E-state index contributed by atoms with van der Waals surface area (Å²) in [6.07, 6.45) is 4.57. The minimum atomic E-state index is -0.207. The molecule has 28 heavy (non-hydrogen) atoms. The van der Waals surface area contributed by atoms with Crippen molar-refractivity contribution in [2.45, 2.75) is 44.9 Å². The third kappa shape index (κ3) is 3.16. The number of benzene rings is 1. The number of aryl methyl sites for hydroxylation is 1. The maximum Gasteiger partial charge on any atom is 0.224 e. The molecule has 0 saturated heterocycles. The van der Waals surface area contributed by atoms with E-state index in [1.54, 1.807) is 14.0 Å². The van der Waals surface area contributed by atoms with E-state index in [1.807, 2.05) is 6.07 Å². The number of aliphatic hydroxyl groups is 1. The van der Waals surface area contributed by atoms with Crippen LogP contribution in [0.3, 0.4) is 0 Å². The van der Waals surface area contributed by atoms with Crippen LogP contribution < -0.4 is 10.1 Å². The van der Waals surface area contributed by atoms with Gasteiger partial charge in [-0.2, -0.15) is 0 Å². The Bertz CT molecular complexity index is 828. The first kappa shape index (κ1) is 19.2. The van der Waals surface area contributed by atoms with Gasteiger partial charge in [0.2, 0.25) is 5.91 Å². The molecule has 0 unspecified atom stereocenters. The Hall–Kier alpha value is -2.14. The van der Waals surface area contributed by atoms with Crippen molar-refractivity contribution in [3.05, 3.63) is 40.5 Å². The van der Waals surface area contributed by atoms with Crippen LogP contribution in [0, 0.1) is 17.8 Å². The Morgan fingerprint density at radius 3 is 2.79 bits per heavy atom. The van der Waals surface area contributed by atoms with E-state index in [2.05, 4.69) is 17.4 Å². The molecule has 1 aromatic carbocycles. The lowest BCUT2D eigenvalue weighted by Crippen LogP contribution is -2.44. The number of hydrogen-bond acceptors (Lipinski definition) is 4. The average molecular weight is 383 g/mol. The minimum absolute atomic E-state index is 0.0135.